The fraction of sp³-hybridized carbons (Fsp3) is 0.258. The van der Waals surface area contributed by atoms with Crippen molar-refractivity contribution in [1.29, 1.82) is 0 Å². The first-order chi connectivity index (χ1) is 21.4. The Morgan fingerprint density at radius 1 is 1.02 bits per heavy atom. The molecular formula is C31H27ClF3N5O5. The number of hydrogen-bond acceptors (Lipinski definition) is 7. The summed E-state index contributed by atoms with van der Waals surface area (Å²) in [5.74, 6) is -1.99. The molecule has 4 aromatic rings. The number of carbonyl (C=O) groups excluding carboxylic acids is 2. The number of halogens is 4. The smallest absolute Gasteiger partial charge is 0.416 e. The van der Waals surface area contributed by atoms with Crippen molar-refractivity contribution in [1.82, 2.24) is 20.2 Å². The van der Waals surface area contributed by atoms with Crippen molar-refractivity contribution in [3.63, 3.8) is 0 Å². The number of carboxylic acids is 1. The molecule has 1 unspecified atom stereocenters. The summed E-state index contributed by atoms with van der Waals surface area (Å²) in [6, 6.07) is 12.5. The third kappa shape index (κ3) is 7.26. The number of aromatic nitrogens is 2. The van der Waals surface area contributed by atoms with E-state index >= 15 is 0 Å². The molecule has 2 aromatic carbocycles. The number of nitrogens with zero attached hydrogens (tertiary/aromatic N) is 4. The van der Waals surface area contributed by atoms with Crippen molar-refractivity contribution in [2.45, 2.75) is 25.6 Å². The zero-order chi connectivity index (χ0) is 32.3. The molecule has 1 saturated heterocycles. The standard InChI is InChI=1S/C31H27ClF3N5O5/c1-18(41)39-13-15-40(16-14-39)27-23(3-2-12-36-27)26-25(38-29(45-26)20-6-8-21(9-7-20)31(33,34)35)28(42)37-24(30(43)44)17-19-4-10-22(32)11-5-19/h2-12,24H,13-17H2,1H3,(H,37,42)(H,43,44). The lowest BCUT2D eigenvalue weighted by Gasteiger charge is -2.35. The van der Waals surface area contributed by atoms with Crippen LogP contribution in [-0.2, 0) is 22.2 Å². The van der Waals surface area contributed by atoms with Crippen LogP contribution in [0, 0.1) is 0 Å². The number of carbonyl (C=O) groups is 3. The molecule has 2 N–H and O–H groups in total. The number of aliphatic carboxylic acids is 1. The van der Waals surface area contributed by atoms with Crippen LogP contribution in [0.3, 0.4) is 0 Å². The predicted molar refractivity (Wildman–Crippen MR) is 159 cm³/mol. The van der Waals surface area contributed by atoms with E-state index in [-0.39, 0.29) is 35.2 Å². The first-order valence-corrected chi connectivity index (χ1v) is 14.2. The van der Waals surface area contributed by atoms with Gasteiger partial charge in [-0.1, -0.05) is 23.7 Å². The van der Waals surface area contributed by atoms with Gasteiger partial charge in [0, 0.05) is 56.3 Å². The zero-order valence-corrected chi connectivity index (χ0v) is 24.6. The Balaban J connectivity index is 1.53. The highest BCUT2D eigenvalue weighted by Crippen LogP contribution is 2.36. The number of benzene rings is 2. The number of nitrogens with one attached hydrogen (secondary N) is 1. The number of rotatable bonds is 8. The molecule has 10 nitrogen and oxygen atoms in total. The predicted octanol–water partition coefficient (Wildman–Crippen LogP) is 5.17. The van der Waals surface area contributed by atoms with Crippen molar-refractivity contribution < 1.29 is 37.1 Å². The van der Waals surface area contributed by atoms with E-state index in [0.717, 1.165) is 12.1 Å². The Morgan fingerprint density at radius 2 is 1.69 bits per heavy atom. The number of pyridine rings is 1. The van der Waals surface area contributed by atoms with E-state index in [0.29, 0.717) is 48.1 Å². The summed E-state index contributed by atoms with van der Waals surface area (Å²) in [5.41, 5.74) is -0.0169. The third-order valence-corrected chi connectivity index (χ3v) is 7.57. The molecule has 5 rings (SSSR count). The van der Waals surface area contributed by atoms with Gasteiger partial charge in [0.15, 0.2) is 11.5 Å². The monoisotopic (exact) mass is 641 g/mol. The molecule has 0 bridgehead atoms. The summed E-state index contributed by atoms with van der Waals surface area (Å²) in [7, 11) is 0. The van der Waals surface area contributed by atoms with E-state index in [1.807, 2.05) is 4.90 Å². The molecule has 1 aliphatic heterocycles. The van der Waals surface area contributed by atoms with Crippen LogP contribution in [0.5, 0.6) is 0 Å². The number of anilines is 1. The van der Waals surface area contributed by atoms with E-state index in [9.17, 15) is 32.7 Å². The zero-order valence-electron chi connectivity index (χ0n) is 23.8. The highest BCUT2D eigenvalue weighted by Gasteiger charge is 2.32. The second-order valence-electron chi connectivity index (χ2n) is 10.3. The average molecular weight is 642 g/mol. The summed E-state index contributed by atoms with van der Waals surface area (Å²) in [5, 5.41) is 12.9. The van der Waals surface area contributed by atoms with Gasteiger partial charge in [0.1, 0.15) is 11.9 Å². The minimum Gasteiger partial charge on any atom is -0.480 e. The Labute approximate surface area is 260 Å². The van der Waals surface area contributed by atoms with Crippen molar-refractivity contribution in [2.75, 3.05) is 31.1 Å². The van der Waals surface area contributed by atoms with Gasteiger partial charge in [0.05, 0.1) is 11.1 Å². The van der Waals surface area contributed by atoms with Gasteiger partial charge in [-0.3, -0.25) is 9.59 Å². The second-order valence-corrected chi connectivity index (χ2v) is 10.8. The Kier molecular flexibility index (Phi) is 9.09. The molecule has 2 amide bonds. The molecule has 0 radical (unpaired) electrons. The summed E-state index contributed by atoms with van der Waals surface area (Å²) in [6.45, 7) is 3.25. The first-order valence-electron chi connectivity index (χ1n) is 13.8. The largest absolute Gasteiger partial charge is 0.480 e. The van der Waals surface area contributed by atoms with Gasteiger partial charge in [0.25, 0.3) is 5.91 Å². The van der Waals surface area contributed by atoms with Crippen LogP contribution < -0.4 is 10.2 Å². The van der Waals surface area contributed by atoms with Gasteiger partial charge in [-0.05, 0) is 54.1 Å². The molecular weight excluding hydrogens is 615 g/mol. The second kappa shape index (κ2) is 13.0. The minimum absolute atomic E-state index is 0.0462. The van der Waals surface area contributed by atoms with Gasteiger partial charge in [-0.15, -0.1) is 0 Å². The maximum atomic E-state index is 13.7. The molecule has 3 heterocycles. The van der Waals surface area contributed by atoms with E-state index in [2.05, 4.69) is 15.3 Å². The van der Waals surface area contributed by atoms with Crippen LogP contribution in [0.25, 0.3) is 22.8 Å². The number of carboxylic acid groups (broad SMARTS) is 1. The van der Waals surface area contributed by atoms with Crippen LogP contribution in [0.2, 0.25) is 5.02 Å². The quantitative estimate of drug-likeness (QED) is 0.270. The molecule has 45 heavy (non-hydrogen) atoms. The van der Waals surface area contributed by atoms with Crippen LogP contribution in [-0.4, -0.2) is 70.0 Å². The number of alkyl halides is 3. The van der Waals surface area contributed by atoms with Crippen molar-refractivity contribution in [2.24, 2.45) is 0 Å². The van der Waals surface area contributed by atoms with E-state index in [1.54, 1.807) is 47.5 Å². The van der Waals surface area contributed by atoms with Gasteiger partial charge in [-0.25, -0.2) is 14.8 Å². The maximum absolute atomic E-state index is 13.7. The normalized spacial score (nSPS) is 14.2. The molecule has 234 valence electrons. The average Bonchev–Trinajstić information content (AvgIpc) is 3.47. The fourth-order valence-electron chi connectivity index (χ4n) is 4.92. The van der Waals surface area contributed by atoms with E-state index < -0.39 is 29.7 Å². The summed E-state index contributed by atoms with van der Waals surface area (Å²) in [6.07, 6.45) is -3.07. The van der Waals surface area contributed by atoms with Crippen LogP contribution >= 0.6 is 11.6 Å². The number of hydrogen-bond donors (Lipinski definition) is 2. The summed E-state index contributed by atoms with van der Waals surface area (Å²) in [4.78, 5) is 50.1. The highest BCUT2D eigenvalue weighted by atomic mass is 35.5. The minimum atomic E-state index is -4.56. The molecule has 0 aliphatic carbocycles. The lowest BCUT2D eigenvalue weighted by Crippen LogP contribution is -2.48. The Bertz CT molecular complexity index is 1700. The van der Waals surface area contributed by atoms with E-state index in [4.69, 9.17) is 16.0 Å². The van der Waals surface area contributed by atoms with Crippen LogP contribution in [0.4, 0.5) is 19.0 Å². The van der Waals surface area contributed by atoms with Crippen molar-refractivity contribution >= 4 is 35.2 Å². The number of piperazine rings is 1. The van der Waals surface area contributed by atoms with Crippen molar-refractivity contribution in [3.8, 4) is 22.8 Å². The first kappa shape index (κ1) is 31.5. The van der Waals surface area contributed by atoms with Crippen molar-refractivity contribution in [3.05, 3.63) is 88.7 Å². The molecule has 0 saturated carbocycles. The lowest BCUT2D eigenvalue weighted by atomic mass is 10.1. The fourth-order valence-corrected chi connectivity index (χ4v) is 5.05. The molecule has 1 aliphatic rings. The van der Waals surface area contributed by atoms with Crippen LogP contribution in [0.1, 0.15) is 28.5 Å². The number of oxazole rings is 1. The maximum Gasteiger partial charge on any atom is 0.416 e. The topological polar surface area (TPSA) is 129 Å². The highest BCUT2D eigenvalue weighted by molar-refractivity contribution is 6.30. The van der Waals surface area contributed by atoms with Crippen LogP contribution in [0.15, 0.2) is 71.3 Å². The molecule has 1 atom stereocenters. The van der Waals surface area contributed by atoms with Gasteiger partial charge < -0.3 is 24.6 Å². The molecule has 2 aromatic heterocycles. The third-order valence-electron chi connectivity index (χ3n) is 7.31. The summed E-state index contributed by atoms with van der Waals surface area (Å²) < 4.78 is 45.6. The number of amides is 2. The van der Waals surface area contributed by atoms with Gasteiger partial charge >= 0.3 is 12.1 Å². The Hall–Kier alpha value is -4.91. The summed E-state index contributed by atoms with van der Waals surface area (Å²) >= 11 is 5.94. The SMILES string of the molecule is CC(=O)N1CCN(c2ncccc2-c2oc(-c3ccc(C(F)(F)F)cc3)nc2C(=O)NC(Cc2ccc(Cl)cc2)C(=O)O)CC1. The van der Waals surface area contributed by atoms with Gasteiger partial charge in [0.2, 0.25) is 11.8 Å². The molecule has 14 heteroatoms. The Morgan fingerprint density at radius 3 is 2.29 bits per heavy atom. The van der Waals surface area contributed by atoms with Gasteiger partial charge in [-0.2, -0.15) is 13.2 Å². The lowest BCUT2D eigenvalue weighted by molar-refractivity contribution is -0.139. The van der Waals surface area contributed by atoms with E-state index in [1.165, 1.54) is 19.1 Å². The molecule has 0 spiro atoms. The molecule has 1 fully saturated rings.